The van der Waals surface area contributed by atoms with Crippen LogP contribution >= 0.6 is 0 Å². The Labute approximate surface area is 213 Å². The summed E-state index contributed by atoms with van der Waals surface area (Å²) in [5.41, 5.74) is 9.71. The zero-order valence-corrected chi connectivity index (χ0v) is 23.4. The van der Waals surface area contributed by atoms with Gasteiger partial charge in [0.15, 0.2) is 0 Å². The van der Waals surface area contributed by atoms with Crippen LogP contribution in [0.15, 0.2) is 46.4 Å². The summed E-state index contributed by atoms with van der Waals surface area (Å²) in [5.74, 6) is 1.73. The van der Waals surface area contributed by atoms with Crippen LogP contribution in [0.25, 0.3) is 0 Å². The first-order valence-corrected chi connectivity index (χ1v) is 12.5. The molecule has 3 heteroatoms. The van der Waals surface area contributed by atoms with Gasteiger partial charge in [-0.1, -0.05) is 105 Å². The van der Waals surface area contributed by atoms with Gasteiger partial charge in [0.05, 0.1) is 22.8 Å². The van der Waals surface area contributed by atoms with Gasteiger partial charge in [-0.25, -0.2) is 0 Å². The summed E-state index contributed by atoms with van der Waals surface area (Å²) in [5, 5.41) is 0. The molecule has 2 aromatic carbocycles. The smallest absolute Gasteiger partial charge is 0.0702 e. The summed E-state index contributed by atoms with van der Waals surface area (Å²) in [6.07, 6.45) is 1.98. The second kappa shape index (κ2) is 13.2. The molecule has 0 heterocycles. The Balaban J connectivity index is 0.00000544. The van der Waals surface area contributed by atoms with Gasteiger partial charge in [-0.05, 0) is 59.3 Å². The molecule has 2 nitrogen and oxygen atoms in total. The molecule has 0 saturated carbocycles. The zero-order valence-electron chi connectivity index (χ0n) is 22.4. The van der Waals surface area contributed by atoms with Gasteiger partial charge in [-0.15, -0.1) is 0 Å². The molecule has 184 valence electrons. The van der Waals surface area contributed by atoms with Crippen LogP contribution in [0, 0.1) is 0 Å². The van der Waals surface area contributed by atoms with E-state index < -0.39 is 0 Å². The summed E-state index contributed by atoms with van der Waals surface area (Å²) in [7, 11) is 0. The fraction of sp³-hybridized carbons (Fsp3) is 0.533. The van der Waals surface area contributed by atoms with Crippen molar-refractivity contribution in [2.45, 2.75) is 106 Å². The quantitative estimate of drug-likeness (QED) is 0.246. The second-order valence-corrected chi connectivity index (χ2v) is 10.2. The van der Waals surface area contributed by atoms with Gasteiger partial charge in [0.1, 0.15) is 0 Å². The Morgan fingerprint density at radius 1 is 0.636 bits per heavy atom. The summed E-state index contributed by atoms with van der Waals surface area (Å²) in [6, 6.07) is 13.3. The Morgan fingerprint density at radius 2 is 0.970 bits per heavy atom. The standard InChI is InChI=1S/C30H44N2.Ni/c1-11-14-28(32-30-26(21(6)7)17-13-18-27(30)22(8)9)23(10)31-29-24(19(2)3)15-12-16-25(29)20(4)5;/h12-13,15-22H,11,14H2,1-10H3;. The van der Waals surface area contributed by atoms with Crippen LogP contribution < -0.4 is 0 Å². The minimum absolute atomic E-state index is 0. The van der Waals surface area contributed by atoms with Crippen LogP contribution in [-0.4, -0.2) is 11.4 Å². The molecule has 2 aromatic rings. The van der Waals surface area contributed by atoms with E-state index in [0.29, 0.717) is 23.7 Å². The van der Waals surface area contributed by atoms with E-state index in [1.165, 1.54) is 22.3 Å². The van der Waals surface area contributed by atoms with Crippen molar-refractivity contribution in [1.82, 2.24) is 0 Å². The number of nitrogens with zero attached hydrogens (tertiary/aromatic N) is 2. The van der Waals surface area contributed by atoms with E-state index in [4.69, 9.17) is 9.98 Å². The van der Waals surface area contributed by atoms with Crippen molar-refractivity contribution in [3.63, 3.8) is 0 Å². The molecular weight excluding hydrogens is 447 g/mol. The maximum atomic E-state index is 5.32. The maximum absolute atomic E-state index is 5.32. The molecule has 0 atom stereocenters. The normalized spacial score (nSPS) is 12.8. The number of para-hydroxylation sites is 2. The monoisotopic (exact) mass is 490 g/mol. The van der Waals surface area contributed by atoms with Gasteiger partial charge in [0, 0.05) is 16.5 Å². The van der Waals surface area contributed by atoms with Gasteiger partial charge in [-0.3, -0.25) is 9.98 Å². The van der Waals surface area contributed by atoms with E-state index in [1.807, 2.05) is 0 Å². The molecule has 0 unspecified atom stereocenters. The van der Waals surface area contributed by atoms with Gasteiger partial charge >= 0.3 is 0 Å². The Bertz CT molecular complexity index is 913. The van der Waals surface area contributed by atoms with E-state index in [2.05, 4.69) is 106 Å². The number of aliphatic imine (C=N–C) groups is 2. The predicted molar refractivity (Wildman–Crippen MR) is 144 cm³/mol. The number of hydrogen-bond donors (Lipinski definition) is 0. The molecule has 0 fully saturated rings. The van der Waals surface area contributed by atoms with Crippen molar-refractivity contribution in [3.05, 3.63) is 58.7 Å². The van der Waals surface area contributed by atoms with Crippen molar-refractivity contribution in [2.75, 3.05) is 0 Å². The van der Waals surface area contributed by atoms with E-state index in [9.17, 15) is 0 Å². The Hall–Kier alpha value is -1.73. The molecule has 0 spiro atoms. The molecule has 0 aliphatic heterocycles. The van der Waals surface area contributed by atoms with Gasteiger partial charge in [0.2, 0.25) is 0 Å². The Kier molecular flexibility index (Phi) is 11.8. The third-order valence-electron chi connectivity index (χ3n) is 6.12. The van der Waals surface area contributed by atoms with Crippen LogP contribution in [0.3, 0.4) is 0 Å². The summed E-state index contributed by atoms with van der Waals surface area (Å²) in [6.45, 7) is 22.4. The first-order chi connectivity index (χ1) is 15.1. The maximum Gasteiger partial charge on any atom is 0.0702 e. The van der Waals surface area contributed by atoms with Gasteiger partial charge < -0.3 is 0 Å². The molecule has 0 aromatic heterocycles. The van der Waals surface area contributed by atoms with Gasteiger partial charge in [-0.2, -0.15) is 0 Å². The zero-order chi connectivity index (χ0) is 24.0. The molecule has 0 saturated heterocycles. The van der Waals surface area contributed by atoms with E-state index >= 15 is 0 Å². The van der Waals surface area contributed by atoms with Gasteiger partial charge in [0.25, 0.3) is 0 Å². The number of benzene rings is 2. The van der Waals surface area contributed by atoms with Crippen molar-refractivity contribution in [1.29, 1.82) is 0 Å². The number of hydrogen-bond acceptors (Lipinski definition) is 2. The molecular formula is C30H44N2Ni. The largest absolute Gasteiger partial charge is 0.251 e. The van der Waals surface area contributed by atoms with Crippen LogP contribution in [-0.2, 0) is 16.5 Å². The van der Waals surface area contributed by atoms with Crippen molar-refractivity contribution in [3.8, 4) is 0 Å². The van der Waals surface area contributed by atoms with Crippen LogP contribution in [0.1, 0.15) is 128 Å². The molecule has 2 rings (SSSR count). The van der Waals surface area contributed by atoms with Crippen LogP contribution in [0.4, 0.5) is 11.4 Å². The first-order valence-electron chi connectivity index (χ1n) is 12.5. The number of rotatable bonds is 9. The fourth-order valence-electron chi connectivity index (χ4n) is 4.20. The Morgan fingerprint density at radius 3 is 1.27 bits per heavy atom. The van der Waals surface area contributed by atoms with Crippen molar-refractivity contribution in [2.24, 2.45) is 9.98 Å². The molecule has 0 aliphatic rings. The molecule has 0 aliphatic carbocycles. The third-order valence-corrected chi connectivity index (χ3v) is 6.12. The molecule has 0 radical (unpaired) electrons. The van der Waals surface area contributed by atoms with Crippen LogP contribution in [0.2, 0.25) is 0 Å². The first kappa shape index (κ1) is 29.3. The SMILES string of the molecule is CCCC(=Nc1c(C(C)C)cccc1C(C)C)C(C)=Nc1c(C(C)C)cccc1C(C)C.[Ni]. The molecule has 33 heavy (non-hydrogen) atoms. The fourth-order valence-corrected chi connectivity index (χ4v) is 4.20. The molecule has 0 N–H and O–H groups in total. The average Bonchev–Trinajstić information content (AvgIpc) is 2.72. The third kappa shape index (κ3) is 7.38. The van der Waals surface area contributed by atoms with E-state index in [1.54, 1.807) is 0 Å². The van der Waals surface area contributed by atoms with Crippen LogP contribution in [0.5, 0.6) is 0 Å². The summed E-state index contributed by atoms with van der Waals surface area (Å²) >= 11 is 0. The minimum atomic E-state index is 0. The minimum Gasteiger partial charge on any atom is -0.251 e. The predicted octanol–water partition coefficient (Wildman–Crippen LogP) is 9.84. The second-order valence-electron chi connectivity index (χ2n) is 10.2. The average molecular weight is 491 g/mol. The molecule has 0 amide bonds. The van der Waals surface area contributed by atoms with Crippen molar-refractivity contribution >= 4 is 22.8 Å². The van der Waals surface area contributed by atoms with E-state index in [-0.39, 0.29) is 16.5 Å². The molecule has 0 bridgehead atoms. The topological polar surface area (TPSA) is 24.7 Å². The summed E-state index contributed by atoms with van der Waals surface area (Å²) < 4.78 is 0. The van der Waals surface area contributed by atoms with E-state index in [0.717, 1.165) is 35.6 Å². The van der Waals surface area contributed by atoms with Crippen molar-refractivity contribution < 1.29 is 16.5 Å². The summed E-state index contributed by atoms with van der Waals surface area (Å²) in [4.78, 5) is 10.6.